The first kappa shape index (κ1) is 28.3. The Morgan fingerprint density at radius 1 is 1.16 bits per heavy atom. The van der Waals surface area contributed by atoms with Crippen LogP contribution in [0.2, 0.25) is 0 Å². The van der Waals surface area contributed by atoms with Crippen LogP contribution in [0.4, 0.5) is 18.0 Å². The van der Waals surface area contributed by atoms with E-state index in [0.717, 1.165) is 0 Å². The molecule has 3 N–H and O–H groups in total. The number of hydrogen-bond acceptors (Lipinski definition) is 6. The summed E-state index contributed by atoms with van der Waals surface area (Å²) in [6.45, 7) is 3.18. The van der Waals surface area contributed by atoms with Crippen molar-refractivity contribution in [3.63, 3.8) is 0 Å². The average molecular weight is 533 g/mol. The van der Waals surface area contributed by atoms with Crippen LogP contribution in [0.5, 0.6) is 5.75 Å². The van der Waals surface area contributed by atoms with E-state index in [0.29, 0.717) is 29.4 Å². The lowest BCUT2D eigenvalue weighted by atomic mass is 9.99. The molecule has 8 nitrogen and oxygen atoms in total. The summed E-state index contributed by atoms with van der Waals surface area (Å²) in [5, 5.41) is 21.7. The van der Waals surface area contributed by atoms with Gasteiger partial charge < -0.3 is 19.0 Å². The van der Waals surface area contributed by atoms with Crippen molar-refractivity contribution < 1.29 is 41.8 Å². The summed E-state index contributed by atoms with van der Waals surface area (Å²) in [7, 11) is 0. The van der Waals surface area contributed by atoms with Crippen LogP contribution in [0.1, 0.15) is 66.5 Å². The van der Waals surface area contributed by atoms with E-state index in [4.69, 9.17) is 13.9 Å². The molecule has 1 amide bonds. The highest BCUT2D eigenvalue weighted by atomic mass is 19.4. The van der Waals surface area contributed by atoms with Crippen molar-refractivity contribution in [3.05, 3.63) is 81.2 Å². The topological polar surface area (TPSA) is 130 Å². The van der Waals surface area contributed by atoms with Crippen LogP contribution in [-0.2, 0) is 6.42 Å². The molecule has 202 valence electrons. The largest absolute Gasteiger partial charge is 0.507 e. The zero-order valence-electron chi connectivity index (χ0n) is 20.6. The van der Waals surface area contributed by atoms with E-state index >= 15 is 0 Å². The Bertz CT molecular complexity index is 1450. The first-order valence-electron chi connectivity index (χ1n) is 11.7. The summed E-state index contributed by atoms with van der Waals surface area (Å²) in [4.78, 5) is 35.9. The summed E-state index contributed by atoms with van der Waals surface area (Å²) in [5.74, 6) is -1.20. The quantitative estimate of drug-likeness (QED) is 0.199. The molecule has 1 aromatic carbocycles. The van der Waals surface area contributed by atoms with Crippen molar-refractivity contribution in [1.82, 2.24) is 5.32 Å². The monoisotopic (exact) mass is 533 g/mol. The highest BCUT2D eigenvalue weighted by Gasteiger charge is 2.26. The molecular formula is C27H26F3NO7. The predicted octanol–water partition coefficient (Wildman–Crippen LogP) is 6.54. The van der Waals surface area contributed by atoms with Gasteiger partial charge in [-0.1, -0.05) is 25.1 Å². The number of rotatable bonds is 10. The Labute approximate surface area is 215 Å². The van der Waals surface area contributed by atoms with E-state index < -0.39 is 41.4 Å². The molecule has 0 aliphatic rings. The molecule has 1 atom stereocenters. The normalized spacial score (nSPS) is 13.2. The zero-order valence-corrected chi connectivity index (χ0v) is 20.6. The molecule has 0 spiro atoms. The van der Waals surface area contributed by atoms with Crippen molar-refractivity contribution >= 4 is 28.9 Å². The van der Waals surface area contributed by atoms with Crippen LogP contribution in [0.15, 0.2) is 61.8 Å². The Morgan fingerprint density at radius 2 is 1.89 bits per heavy atom. The second kappa shape index (κ2) is 11.8. The van der Waals surface area contributed by atoms with Gasteiger partial charge in [0.15, 0.2) is 5.78 Å². The Hall–Kier alpha value is -4.28. The molecule has 0 aliphatic heterocycles. The maximum atomic E-state index is 12.9. The molecule has 3 rings (SSSR count). The number of carboxylic acid groups (broad SMARTS) is 1. The van der Waals surface area contributed by atoms with E-state index in [1.807, 2.05) is 0 Å². The standard InChI is InChI=1S/C27H26F3NO7/c1-15(5-3-4-10-31-26(35)36)21-14-20(32)23(25(34)38-21)24(33)16(2)11-19-13-18-7-6-17(12-22(18)37-19)8-9-27(28,29)30/h4,6-7,10-15,31-32H,3,5,8-9H2,1-2H3,(H,35,36)/b10-4+,16-11+. The van der Waals surface area contributed by atoms with Gasteiger partial charge in [-0.05, 0) is 50.0 Å². The summed E-state index contributed by atoms with van der Waals surface area (Å²) in [6, 6.07) is 7.51. The van der Waals surface area contributed by atoms with Gasteiger partial charge in [-0.25, -0.2) is 9.59 Å². The number of furan rings is 1. The number of Topliss-reactive ketones (excluding diaryl/α,β-unsaturated/α-hetero) is 1. The lowest BCUT2D eigenvalue weighted by molar-refractivity contribution is -0.134. The highest BCUT2D eigenvalue weighted by Crippen LogP contribution is 2.28. The number of halogens is 3. The number of aromatic hydroxyl groups is 1. The number of allylic oxidation sites excluding steroid dienone is 2. The second-order valence-corrected chi connectivity index (χ2v) is 8.82. The van der Waals surface area contributed by atoms with Gasteiger partial charge in [-0.3, -0.25) is 10.1 Å². The molecule has 2 heterocycles. The molecule has 11 heteroatoms. The third kappa shape index (κ3) is 7.61. The van der Waals surface area contributed by atoms with Crippen LogP contribution in [0.25, 0.3) is 17.0 Å². The fourth-order valence-electron chi connectivity index (χ4n) is 3.74. The van der Waals surface area contributed by atoms with E-state index in [1.165, 1.54) is 31.3 Å². The average Bonchev–Trinajstić information content (AvgIpc) is 3.22. The fourth-order valence-corrected chi connectivity index (χ4v) is 3.74. The minimum Gasteiger partial charge on any atom is -0.507 e. The summed E-state index contributed by atoms with van der Waals surface area (Å²) >= 11 is 0. The van der Waals surface area contributed by atoms with Gasteiger partial charge >= 0.3 is 17.9 Å². The van der Waals surface area contributed by atoms with Gasteiger partial charge in [0, 0.05) is 35.6 Å². The number of carbonyl (C=O) groups excluding carboxylic acids is 1. The number of fused-ring (bicyclic) bond motifs is 1. The Kier molecular flexibility index (Phi) is 8.82. The number of benzene rings is 1. The van der Waals surface area contributed by atoms with Crippen LogP contribution >= 0.6 is 0 Å². The lowest BCUT2D eigenvalue weighted by Crippen LogP contribution is -2.16. The molecule has 0 fully saturated rings. The van der Waals surface area contributed by atoms with Crippen LogP contribution < -0.4 is 10.9 Å². The van der Waals surface area contributed by atoms with E-state index in [1.54, 1.807) is 31.2 Å². The number of aryl methyl sites for hydroxylation is 1. The fraction of sp³-hybridized carbons (Fsp3) is 0.296. The number of amides is 1. The highest BCUT2D eigenvalue weighted by molar-refractivity contribution is 6.12. The van der Waals surface area contributed by atoms with E-state index in [2.05, 4.69) is 5.32 Å². The van der Waals surface area contributed by atoms with Crippen LogP contribution in [0.3, 0.4) is 0 Å². The first-order valence-corrected chi connectivity index (χ1v) is 11.7. The van der Waals surface area contributed by atoms with Gasteiger partial charge in [0.2, 0.25) is 0 Å². The summed E-state index contributed by atoms with van der Waals surface area (Å²) in [6.07, 6.45) is -1.42. The molecule has 0 aliphatic carbocycles. The molecule has 3 aromatic rings. The maximum Gasteiger partial charge on any atom is 0.408 e. The molecule has 2 aromatic heterocycles. The number of nitrogens with one attached hydrogen (secondary N) is 1. The second-order valence-electron chi connectivity index (χ2n) is 8.82. The van der Waals surface area contributed by atoms with Crippen molar-refractivity contribution in [2.75, 3.05) is 0 Å². The SMILES string of the molecule is C/C(=C\c1cc2ccc(CCC(F)(F)F)cc2o1)C(=O)c1c(O)cc(C(C)CC/C=C/NC(=O)O)oc1=O. The zero-order chi connectivity index (χ0) is 28.0. The van der Waals surface area contributed by atoms with E-state index in [9.17, 15) is 32.7 Å². The van der Waals surface area contributed by atoms with Crippen molar-refractivity contribution in [3.8, 4) is 5.75 Å². The molecular weight excluding hydrogens is 507 g/mol. The molecule has 0 bridgehead atoms. The number of ketones is 1. The predicted molar refractivity (Wildman–Crippen MR) is 133 cm³/mol. The van der Waals surface area contributed by atoms with Crippen LogP contribution in [-0.4, -0.2) is 28.3 Å². The molecule has 0 radical (unpaired) electrons. The Morgan fingerprint density at radius 3 is 2.55 bits per heavy atom. The Balaban J connectivity index is 1.74. The van der Waals surface area contributed by atoms with E-state index in [-0.39, 0.29) is 29.4 Å². The summed E-state index contributed by atoms with van der Waals surface area (Å²) < 4.78 is 48.4. The molecule has 0 saturated carbocycles. The molecule has 0 saturated heterocycles. The number of hydrogen-bond donors (Lipinski definition) is 3. The van der Waals surface area contributed by atoms with Gasteiger partial charge in [-0.15, -0.1) is 0 Å². The third-order valence-electron chi connectivity index (χ3n) is 5.77. The minimum atomic E-state index is -4.27. The van der Waals surface area contributed by atoms with Gasteiger partial charge in [0.1, 0.15) is 28.4 Å². The first-order chi connectivity index (χ1) is 17.8. The smallest absolute Gasteiger partial charge is 0.408 e. The minimum absolute atomic E-state index is 0.0702. The maximum absolute atomic E-state index is 12.9. The van der Waals surface area contributed by atoms with Crippen LogP contribution in [0, 0.1) is 0 Å². The van der Waals surface area contributed by atoms with Crippen molar-refractivity contribution in [1.29, 1.82) is 0 Å². The molecule has 38 heavy (non-hydrogen) atoms. The van der Waals surface area contributed by atoms with Crippen molar-refractivity contribution in [2.24, 2.45) is 0 Å². The molecule has 1 unspecified atom stereocenters. The number of carbonyl (C=O) groups is 2. The van der Waals surface area contributed by atoms with Gasteiger partial charge in [0.25, 0.3) is 0 Å². The lowest BCUT2D eigenvalue weighted by Gasteiger charge is -2.11. The van der Waals surface area contributed by atoms with Gasteiger partial charge in [-0.2, -0.15) is 13.2 Å². The summed E-state index contributed by atoms with van der Waals surface area (Å²) in [5.41, 5.74) is -0.666. The number of alkyl halides is 3. The van der Waals surface area contributed by atoms with Gasteiger partial charge in [0.05, 0.1) is 0 Å². The van der Waals surface area contributed by atoms with Crippen molar-refractivity contribution in [2.45, 2.75) is 51.6 Å². The third-order valence-corrected chi connectivity index (χ3v) is 5.77.